The molecular formula is C22H32O5. The second-order valence-corrected chi connectivity index (χ2v) is 8.09. The first-order valence-electron chi connectivity index (χ1n) is 9.72. The summed E-state index contributed by atoms with van der Waals surface area (Å²) in [5.74, 6) is -1.00. The molecule has 4 atom stereocenters. The third-order valence-corrected chi connectivity index (χ3v) is 5.80. The average molecular weight is 376 g/mol. The Morgan fingerprint density at radius 3 is 2.70 bits per heavy atom. The molecule has 0 saturated carbocycles. The fourth-order valence-electron chi connectivity index (χ4n) is 3.80. The fraction of sp³-hybridized carbons (Fsp3) is 0.636. The Hall–Kier alpha value is -1.88. The predicted molar refractivity (Wildman–Crippen MR) is 104 cm³/mol. The van der Waals surface area contributed by atoms with Crippen LogP contribution in [0, 0.1) is 5.92 Å². The highest BCUT2D eigenvalue weighted by Crippen LogP contribution is 2.38. The fourth-order valence-corrected chi connectivity index (χ4v) is 3.80. The van der Waals surface area contributed by atoms with Crippen molar-refractivity contribution in [3.05, 3.63) is 35.5 Å². The van der Waals surface area contributed by atoms with Gasteiger partial charge in [0.15, 0.2) is 0 Å². The Balaban J connectivity index is 2.40. The van der Waals surface area contributed by atoms with Crippen LogP contribution in [0.2, 0.25) is 0 Å². The number of aliphatic hydroxyl groups excluding tert-OH is 1. The highest BCUT2D eigenvalue weighted by Gasteiger charge is 2.44. The summed E-state index contributed by atoms with van der Waals surface area (Å²) in [5, 5.41) is 10.6. The third-order valence-electron chi connectivity index (χ3n) is 5.80. The van der Waals surface area contributed by atoms with E-state index in [1.54, 1.807) is 0 Å². The van der Waals surface area contributed by atoms with Crippen molar-refractivity contribution >= 4 is 11.9 Å². The van der Waals surface area contributed by atoms with Crippen molar-refractivity contribution in [1.29, 1.82) is 0 Å². The second kappa shape index (κ2) is 8.87. The molecule has 2 rings (SSSR count). The Kier molecular flexibility index (Phi) is 7.04. The van der Waals surface area contributed by atoms with Gasteiger partial charge in [0.25, 0.3) is 0 Å². The molecule has 1 aliphatic heterocycles. The number of ether oxygens (including phenoxy) is 2. The Bertz CT molecular complexity index is 660. The van der Waals surface area contributed by atoms with Gasteiger partial charge in [-0.15, -0.1) is 0 Å². The topological polar surface area (TPSA) is 72.8 Å². The highest BCUT2D eigenvalue weighted by molar-refractivity contribution is 5.89. The molecule has 0 radical (unpaired) electrons. The minimum absolute atomic E-state index is 0.157. The average Bonchev–Trinajstić information content (AvgIpc) is 2.69. The zero-order valence-electron chi connectivity index (χ0n) is 16.9. The molecule has 1 aliphatic carbocycles. The van der Waals surface area contributed by atoms with Gasteiger partial charge in [0.2, 0.25) is 0 Å². The molecule has 1 fully saturated rings. The number of carbonyl (C=O) groups is 2. The standard InChI is InChI=1S/C22H32O5/c1-14-7-6-8-15(2)19(24)13-18-11-12-22(5,27-21(25)16(18)3)20(10-9-14)26-17(4)23/h7-8,18-20,24H,3,6,9-13H2,1-2,4-5H3/b14-7+,15-8-/t18-,19+,20+,22-/m1/s1. The molecule has 1 saturated heterocycles. The molecule has 2 aliphatic rings. The lowest BCUT2D eigenvalue weighted by Crippen LogP contribution is -2.45. The Labute approximate surface area is 162 Å². The van der Waals surface area contributed by atoms with Crippen LogP contribution in [-0.4, -0.2) is 34.9 Å². The van der Waals surface area contributed by atoms with E-state index in [0.717, 1.165) is 18.4 Å². The first-order valence-corrected chi connectivity index (χ1v) is 9.72. The Morgan fingerprint density at radius 1 is 1.33 bits per heavy atom. The van der Waals surface area contributed by atoms with Gasteiger partial charge in [-0.25, -0.2) is 4.79 Å². The zero-order chi connectivity index (χ0) is 20.2. The van der Waals surface area contributed by atoms with E-state index in [1.165, 1.54) is 12.5 Å². The first-order chi connectivity index (χ1) is 12.6. The van der Waals surface area contributed by atoms with Crippen LogP contribution in [-0.2, 0) is 19.1 Å². The number of allylic oxidation sites excluding steroid dienone is 3. The summed E-state index contributed by atoms with van der Waals surface area (Å²) in [4.78, 5) is 24.3. The van der Waals surface area contributed by atoms with E-state index in [0.29, 0.717) is 31.3 Å². The van der Waals surface area contributed by atoms with Crippen LogP contribution in [0.15, 0.2) is 35.5 Å². The maximum Gasteiger partial charge on any atom is 0.334 e. The molecule has 0 aromatic carbocycles. The van der Waals surface area contributed by atoms with Gasteiger partial charge < -0.3 is 14.6 Å². The van der Waals surface area contributed by atoms with Crippen LogP contribution >= 0.6 is 0 Å². The van der Waals surface area contributed by atoms with Crippen molar-refractivity contribution in [2.45, 2.75) is 84.0 Å². The molecular weight excluding hydrogens is 344 g/mol. The zero-order valence-corrected chi connectivity index (χ0v) is 16.9. The number of rotatable bonds is 1. The number of esters is 2. The second-order valence-electron chi connectivity index (χ2n) is 8.09. The number of aliphatic hydroxyl groups is 1. The third kappa shape index (κ3) is 5.55. The summed E-state index contributed by atoms with van der Waals surface area (Å²) in [6.45, 7) is 11.1. The van der Waals surface area contributed by atoms with Crippen molar-refractivity contribution in [2.24, 2.45) is 5.92 Å². The lowest BCUT2D eigenvalue weighted by atomic mass is 9.83. The molecule has 0 aromatic heterocycles. The minimum Gasteiger partial charge on any atom is -0.458 e. The van der Waals surface area contributed by atoms with E-state index in [2.05, 4.69) is 12.7 Å². The van der Waals surface area contributed by atoms with Gasteiger partial charge in [0, 0.05) is 12.5 Å². The van der Waals surface area contributed by atoms with Crippen LogP contribution in [0.4, 0.5) is 0 Å². The maximum absolute atomic E-state index is 12.6. The molecule has 1 N–H and O–H groups in total. The molecule has 150 valence electrons. The largest absolute Gasteiger partial charge is 0.458 e. The first kappa shape index (κ1) is 21.4. The lowest BCUT2D eigenvalue weighted by Gasteiger charge is -2.35. The summed E-state index contributed by atoms with van der Waals surface area (Å²) in [5.41, 5.74) is 1.56. The normalized spacial score (nSPS) is 37.1. The summed E-state index contributed by atoms with van der Waals surface area (Å²) in [6, 6.07) is 0. The van der Waals surface area contributed by atoms with E-state index in [9.17, 15) is 14.7 Å². The molecule has 27 heavy (non-hydrogen) atoms. The molecule has 5 heteroatoms. The maximum atomic E-state index is 12.6. The monoisotopic (exact) mass is 376 g/mol. The van der Waals surface area contributed by atoms with Crippen LogP contribution in [0.1, 0.15) is 66.2 Å². The molecule has 2 bridgehead atoms. The smallest absolute Gasteiger partial charge is 0.334 e. The summed E-state index contributed by atoms with van der Waals surface area (Å²) >= 11 is 0. The van der Waals surface area contributed by atoms with Crippen molar-refractivity contribution in [3.63, 3.8) is 0 Å². The molecule has 0 amide bonds. The van der Waals surface area contributed by atoms with Gasteiger partial charge in [0.1, 0.15) is 11.7 Å². The quantitative estimate of drug-likeness (QED) is 0.425. The highest BCUT2D eigenvalue weighted by atomic mass is 16.6. The van der Waals surface area contributed by atoms with E-state index in [-0.39, 0.29) is 11.9 Å². The van der Waals surface area contributed by atoms with Crippen molar-refractivity contribution in [1.82, 2.24) is 0 Å². The van der Waals surface area contributed by atoms with E-state index in [1.807, 2.05) is 26.8 Å². The van der Waals surface area contributed by atoms with Gasteiger partial charge in [-0.05, 0) is 70.8 Å². The summed E-state index contributed by atoms with van der Waals surface area (Å²) in [7, 11) is 0. The van der Waals surface area contributed by atoms with E-state index < -0.39 is 23.8 Å². The Morgan fingerprint density at radius 2 is 2.04 bits per heavy atom. The number of hydrogen-bond donors (Lipinski definition) is 1. The number of hydrogen-bond acceptors (Lipinski definition) is 5. The number of carbonyl (C=O) groups excluding carboxylic acids is 2. The van der Waals surface area contributed by atoms with Crippen LogP contribution in [0.3, 0.4) is 0 Å². The van der Waals surface area contributed by atoms with Crippen molar-refractivity contribution in [2.75, 3.05) is 0 Å². The van der Waals surface area contributed by atoms with E-state index in [4.69, 9.17) is 9.47 Å². The van der Waals surface area contributed by atoms with Gasteiger partial charge in [-0.2, -0.15) is 0 Å². The predicted octanol–water partition coefficient (Wildman–Crippen LogP) is 4.01. The van der Waals surface area contributed by atoms with Gasteiger partial charge in [-0.1, -0.05) is 24.3 Å². The SMILES string of the molecule is C=C1C(=O)O[C@]2(C)CC[C@@H]1C[C@H](O)/C(C)=C\C/C=C(\C)CC[C@@H]2OC(C)=O. The van der Waals surface area contributed by atoms with Gasteiger partial charge in [0.05, 0.1) is 6.10 Å². The summed E-state index contributed by atoms with van der Waals surface area (Å²) in [6.07, 6.45) is 6.72. The van der Waals surface area contributed by atoms with Crippen LogP contribution in [0.5, 0.6) is 0 Å². The van der Waals surface area contributed by atoms with Gasteiger partial charge >= 0.3 is 11.9 Å². The molecule has 1 heterocycles. The van der Waals surface area contributed by atoms with Crippen LogP contribution in [0.25, 0.3) is 0 Å². The molecule has 0 unspecified atom stereocenters. The molecule has 0 spiro atoms. The molecule has 5 nitrogen and oxygen atoms in total. The van der Waals surface area contributed by atoms with Crippen molar-refractivity contribution in [3.8, 4) is 0 Å². The lowest BCUT2D eigenvalue weighted by molar-refractivity contribution is -0.180. The minimum atomic E-state index is -0.902. The van der Waals surface area contributed by atoms with E-state index >= 15 is 0 Å². The number of fused-ring (bicyclic) bond motifs is 3. The van der Waals surface area contributed by atoms with Crippen molar-refractivity contribution < 1.29 is 24.2 Å². The van der Waals surface area contributed by atoms with Crippen LogP contribution < -0.4 is 0 Å². The van der Waals surface area contributed by atoms with Gasteiger partial charge in [-0.3, -0.25) is 4.79 Å². The summed E-state index contributed by atoms with van der Waals surface area (Å²) < 4.78 is 11.4. The molecule has 0 aromatic rings.